The van der Waals surface area contributed by atoms with Crippen LogP contribution in [0.2, 0.25) is 5.02 Å². The predicted octanol–water partition coefficient (Wildman–Crippen LogP) is 5.67. The maximum atomic E-state index is 12.2. The van der Waals surface area contributed by atoms with Crippen LogP contribution in [0.25, 0.3) is 11.3 Å². The molecule has 1 aromatic heterocycles. The van der Waals surface area contributed by atoms with Crippen LogP contribution in [0.3, 0.4) is 0 Å². The predicted molar refractivity (Wildman–Crippen MR) is 115 cm³/mol. The van der Waals surface area contributed by atoms with E-state index >= 15 is 0 Å². The first-order chi connectivity index (χ1) is 13.6. The zero-order valence-corrected chi connectivity index (χ0v) is 17.2. The molecule has 0 saturated carbocycles. The smallest absolute Gasteiger partial charge is 0.264 e. The largest absolute Gasteiger partial charge is 0.484 e. The quantitative estimate of drug-likeness (QED) is 0.587. The van der Waals surface area contributed by atoms with Gasteiger partial charge in [-0.15, -0.1) is 11.3 Å². The molecule has 1 amide bonds. The molecule has 1 heterocycles. The molecule has 3 aromatic rings. The number of nitrogens with one attached hydrogen (secondary N) is 1. The number of carbonyl (C=O) groups excluding carboxylic acids is 1. The Balaban J connectivity index is 1.37. The Hall–Kier alpha value is -2.37. The Morgan fingerprint density at radius 2 is 2.00 bits per heavy atom. The van der Waals surface area contributed by atoms with Crippen molar-refractivity contribution in [1.82, 2.24) is 4.98 Å². The third-order valence-electron chi connectivity index (χ3n) is 4.89. The van der Waals surface area contributed by atoms with Gasteiger partial charge in [-0.3, -0.25) is 10.1 Å². The second-order valence-electron chi connectivity index (χ2n) is 6.98. The van der Waals surface area contributed by atoms with Crippen molar-refractivity contribution < 1.29 is 9.53 Å². The van der Waals surface area contributed by atoms with E-state index in [4.69, 9.17) is 16.3 Å². The van der Waals surface area contributed by atoms with Gasteiger partial charge in [0, 0.05) is 16.0 Å². The Morgan fingerprint density at radius 3 is 2.82 bits per heavy atom. The molecule has 0 bridgehead atoms. The van der Waals surface area contributed by atoms with E-state index in [1.54, 1.807) is 12.1 Å². The number of aromatic nitrogens is 1. The lowest BCUT2D eigenvalue weighted by Gasteiger charge is -2.16. The standard InChI is InChI=1S/C22H21ClN2O2S/c1-14-10-18(8-9-19(14)23)27-12-21(26)25-22-24-20(13-28-22)17-7-6-15-4-2-3-5-16(15)11-17/h6-11,13H,2-5,12H2,1H3,(H,24,25,26). The van der Waals surface area contributed by atoms with E-state index in [1.807, 2.05) is 18.4 Å². The maximum Gasteiger partial charge on any atom is 0.264 e. The van der Waals surface area contributed by atoms with Gasteiger partial charge in [-0.25, -0.2) is 4.98 Å². The number of aryl methyl sites for hydroxylation is 3. The number of fused-ring (bicyclic) bond motifs is 1. The summed E-state index contributed by atoms with van der Waals surface area (Å²) in [5, 5.41) is 6.04. The number of amides is 1. The summed E-state index contributed by atoms with van der Waals surface area (Å²) >= 11 is 7.42. The van der Waals surface area contributed by atoms with E-state index in [-0.39, 0.29) is 12.5 Å². The molecule has 0 aliphatic heterocycles. The van der Waals surface area contributed by atoms with Gasteiger partial charge in [0.05, 0.1) is 5.69 Å². The van der Waals surface area contributed by atoms with Crippen LogP contribution in [0, 0.1) is 6.92 Å². The van der Waals surface area contributed by atoms with Crippen molar-refractivity contribution in [3.63, 3.8) is 0 Å². The Kier molecular flexibility index (Phi) is 5.64. The zero-order chi connectivity index (χ0) is 19.5. The summed E-state index contributed by atoms with van der Waals surface area (Å²) in [6.07, 6.45) is 4.83. The van der Waals surface area contributed by atoms with Crippen molar-refractivity contribution in [3.8, 4) is 17.0 Å². The SMILES string of the molecule is Cc1cc(OCC(=O)Nc2nc(-c3ccc4c(c3)CCCC4)cs2)ccc1Cl. The number of anilines is 1. The van der Waals surface area contributed by atoms with Gasteiger partial charge in [0.2, 0.25) is 0 Å². The molecule has 0 atom stereocenters. The van der Waals surface area contributed by atoms with Crippen LogP contribution in [-0.4, -0.2) is 17.5 Å². The summed E-state index contributed by atoms with van der Waals surface area (Å²) < 4.78 is 5.54. The summed E-state index contributed by atoms with van der Waals surface area (Å²) in [4.78, 5) is 16.7. The van der Waals surface area contributed by atoms with Crippen LogP contribution >= 0.6 is 22.9 Å². The van der Waals surface area contributed by atoms with Gasteiger partial charge in [0.1, 0.15) is 5.75 Å². The first kappa shape index (κ1) is 19.0. The van der Waals surface area contributed by atoms with Gasteiger partial charge in [0.25, 0.3) is 5.91 Å². The summed E-state index contributed by atoms with van der Waals surface area (Å²) in [5.41, 5.74) is 5.78. The fraction of sp³-hybridized carbons (Fsp3) is 0.273. The molecule has 0 fully saturated rings. The van der Waals surface area contributed by atoms with Crippen molar-refractivity contribution in [3.05, 3.63) is 63.5 Å². The first-order valence-electron chi connectivity index (χ1n) is 9.35. The average molecular weight is 413 g/mol. The van der Waals surface area contributed by atoms with E-state index in [2.05, 4.69) is 28.5 Å². The molecule has 28 heavy (non-hydrogen) atoms. The van der Waals surface area contributed by atoms with Crippen molar-refractivity contribution >= 4 is 34.0 Å². The fourth-order valence-electron chi connectivity index (χ4n) is 3.37. The third-order valence-corrected chi connectivity index (χ3v) is 6.08. The lowest BCUT2D eigenvalue weighted by atomic mass is 9.90. The van der Waals surface area contributed by atoms with Crippen LogP contribution in [0.4, 0.5) is 5.13 Å². The van der Waals surface area contributed by atoms with E-state index in [9.17, 15) is 4.79 Å². The number of hydrogen-bond acceptors (Lipinski definition) is 4. The van der Waals surface area contributed by atoms with Gasteiger partial charge in [-0.05, 0) is 73.6 Å². The number of hydrogen-bond donors (Lipinski definition) is 1. The number of benzene rings is 2. The first-order valence-corrected chi connectivity index (χ1v) is 10.6. The minimum atomic E-state index is -0.237. The van der Waals surface area contributed by atoms with Gasteiger partial charge >= 0.3 is 0 Å². The van der Waals surface area contributed by atoms with Crippen LogP contribution in [0.15, 0.2) is 41.8 Å². The highest BCUT2D eigenvalue weighted by molar-refractivity contribution is 7.14. The molecule has 1 N–H and O–H groups in total. The van der Waals surface area contributed by atoms with Gasteiger partial charge in [0.15, 0.2) is 11.7 Å². The monoisotopic (exact) mass is 412 g/mol. The van der Waals surface area contributed by atoms with E-state index in [1.165, 1.54) is 41.7 Å². The number of nitrogens with zero attached hydrogens (tertiary/aromatic N) is 1. The minimum absolute atomic E-state index is 0.0746. The number of carbonyl (C=O) groups is 1. The number of rotatable bonds is 5. The van der Waals surface area contributed by atoms with Crippen LogP contribution in [0.5, 0.6) is 5.75 Å². The highest BCUT2D eigenvalue weighted by Gasteiger charge is 2.13. The van der Waals surface area contributed by atoms with E-state index < -0.39 is 0 Å². The fourth-order valence-corrected chi connectivity index (χ4v) is 4.22. The van der Waals surface area contributed by atoms with Crippen molar-refractivity contribution in [2.45, 2.75) is 32.6 Å². The number of thiazole rings is 1. The molecule has 1 aliphatic carbocycles. The summed E-state index contributed by atoms with van der Waals surface area (Å²) in [5.74, 6) is 0.380. The Labute approximate surface area is 173 Å². The van der Waals surface area contributed by atoms with Crippen LogP contribution in [-0.2, 0) is 17.6 Å². The molecule has 0 saturated heterocycles. The molecule has 2 aromatic carbocycles. The van der Waals surface area contributed by atoms with Crippen molar-refractivity contribution in [2.24, 2.45) is 0 Å². The van der Waals surface area contributed by atoms with E-state index in [0.29, 0.717) is 15.9 Å². The van der Waals surface area contributed by atoms with Gasteiger partial charge in [-0.2, -0.15) is 0 Å². The topological polar surface area (TPSA) is 51.2 Å². The van der Waals surface area contributed by atoms with Crippen molar-refractivity contribution in [1.29, 1.82) is 0 Å². The number of halogens is 1. The van der Waals surface area contributed by atoms with Crippen molar-refractivity contribution in [2.75, 3.05) is 11.9 Å². The molecule has 4 rings (SSSR count). The maximum absolute atomic E-state index is 12.2. The van der Waals surface area contributed by atoms with Gasteiger partial charge < -0.3 is 4.74 Å². The third kappa shape index (κ3) is 4.37. The molecule has 0 spiro atoms. The van der Waals surface area contributed by atoms with E-state index in [0.717, 1.165) is 23.2 Å². The summed E-state index contributed by atoms with van der Waals surface area (Å²) in [6.45, 7) is 1.82. The molecule has 4 nitrogen and oxygen atoms in total. The lowest BCUT2D eigenvalue weighted by molar-refractivity contribution is -0.118. The molecule has 144 valence electrons. The Morgan fingerprint density at radius 1 is 1.18 bits per heavy atom. The molecule has 6 heteroatoms. The minimum Gasteiger partial charge on any atom is -0.484 e. The highest BCUT2D eigenvalue weighted by atomic mass is 35.5. The highest BCUT2D eigenvalue weighted by Crippen LogP contribution is 2.29. The number of ether oxygens (including phenoxy) is 1. The van der Waals surface area contributed by atoms with Gasteiger partial charge in [-0.1, -0.05) is 23.7 Å². The van der Waals surface area contributed by atoms with Crippen LogP contribution < -0.4 is 10.1 Å². The summed E-state index contributed by atoms with van der Waals surface area (Å²) in [6, 6.07) is 11.9. The Bertz CT molecular complexity index is 1020. The molecular formula is C22H21ClN2O2S. The molecule has 0 unspecified atom stereocenters. The molecular weight excluding hydrogens is 392 g/mol. The second kappa shape index (κ2) is 8.33. The average Bonchev–Trinajstić information content (AvgIpc) is 3.17. The van der Waals surface area contributed by atoms with Crippen LogP contribution in [0.1, 0.15) is 29.5 Å². The lowest BCUT2D eigenvalue weighted by Crippen LogP contribution is -2.20. The molecule has 0 radical (unpaired) electrons. The second-order valence-corrected chi connectivity index (χ2v) is 8.24. The normalized spacial score (nSPS) is 13.1. The summed E-state index contributed by atoms with van der Waals surface area (Å²) in [7, 11) is 0. The zero-order valence-electron chi connectivity index (χ0n) is 15.6. The molecule has 1 aliphatic rings.